The van der Waals surface area contributed by atoms with E-state index in [0.717, 1.165) is 5.56 Å². The number of rotatable bonds is 5. The summed E-state index contributed by atoms with van der Waals surface area (Å²) in [6, 6.07) is 19.0. The van der Waals surface area contributed by atoms with Crippen LogP contribution in [0.2, 0.25) is 0 Å². The normalized spacial score (nSPS) is 11.8. The number of oxazole rings is 1. The van der Waals surface area contributed by atoms with Crippen molar-refractivity contribution < 1.29 is 17.4 Å². The first-order chi connectivity index (χ1) is 15.8. The van der Waals surface area contributed by atoms with Crippen molar-refractivity contribution in [3.8, 4) is 22.8 Å². The van der Waals surface area contributed by atoms with E-state index >= 15 is 0 Å². The molecule has 0 spiro atoms. The predicted molar refractivity (Wildman–Crippen MR) is 122 cm³/mol. The van der Waals surface area contributed by atoms with Crippen LogP contribution < -0.4 is 5.76 Å². The van der Waals surface area contributed by atoms with E-state index in [1.165, 1.54) is 4.57 Å². The first-order valence-corrected chi connectivity index (χ1v) is 11.8. The third-order valence-corrected chi connectivity index (χ3v) is 7.09. The van der Waals surface area contributed by atoms with Crippen molar-refractivity contribution in [3.05, 3.63) is 88.4 Å². The first-order valence-electron chi connectivity index (χ1n) is 10.1. The summed E-state index contributed by atoms with van der Waals surface area (Å²) in [5, 5.41) is 4.03. The highest BCUT2D eigenvalue weighted by Gasteiger charge is 2.17. The summed E-state index contributed by atoms with van der Waals surface area (Å²) in [5.74, 6) is -0.00662. The molecule has 0 bridgehead atoms. The molecule has 5 rings (SSSR count). The van der Waals surface area contributed by atoms with Gasteiger partial charge in [-0.1, -0.05) is 35.0 Å². The SMILES string of the molecule is Cc1ccc(S(=O)(=O)Cc2cccc(-c3nc(-c4ccc5c(c4)oc(=O)n5C)no3)c2)cc1. The predicted octanol–water partition coefficient (Wildman–Crippen LogP) is 4.13. The van der Waals surface area contributed by atoms with Crippen LogP contribution in [0.5, 0.6) is 0 Å². The van der Waals surface area contributed by atoms with Crippen LogP contribution >= 0.6 is 0 Å². The van der Waals surface area contributed by atoms with E-state index in [0.29, 0.717) is 33.6 Å². The van der Waals surface area contributed by atoms with Gasteiger partial charge in [0.2, 0.25) is 5.82 Å². The third-order valence-electron chi connectivity index (χ3n) is 5.39. The van der Waals surface area contributed by atoms with E-state index in [1.807, 2.05) is 6.92 Å². The summed E-state index contributed by atoms with van der Waals surface area (Å²) in [6.45, 7) is 1.91. The number of benzene rings is 3. The van der Waals surface area contributed by atoms with Crippen LogP contribution in [-0.2, 0) is 22.6 Å². The molecule has 0 saturated heterocycles. The smallest absolute Gasteiger partial charge is 0.408 e. The number of hydrogen-bond donors (Lipinski definition) is 0. The highest BCUT2D eigenvalue weighted by molar-refractivity contribution is 7.90. The van der Waals surface area contributed by atoms with Crippen molar-refractivity contribution in [1.82, 2.24) is 14.7 Å². The molecule has 8 nitrogen and oxygen atoms in total. The zero-order chi connectivity index (χ0) is 23.2. The molecule has 0 unspecified atom stereocenters. The topological polar surface area (TPSA) is 108 Å². The largest absolute Gasteiger partial charge is 0.419 e. The Hall–Kier alpha value is -3.98. The van der Waals surface area contributed by atoms with Gasteiger partial charge in [0, 0.05) is 18.2 Å². The van der Waals surface area contributed by atoms with Gasteiger partial charge in [-0.3, -0.25) is 4.57 Å². The van der Waals surface area contributed by atoms with Crippen LogP contribution in [0.4, 0.5) is 0 Å². The Bertz CT molecular complexity index is 1640. The van der Waals surface area contributed by atoms with Gasteiger partial charge in [0.25, 0.3) is 5.89 Å². The molecule has 2 aromatic heterocycles. The maximum Gasteiger partial charge on any atom is 0.419 e. The molecule has 0 saturated carbocycles. The summed E-state index contributed by atoms with van der Waals surface area (Å²) in [4.78, 5) is 16.4. The van der Waals surface area contributed by atoms with Crippen molar-refractivity contribution >= 4 is 20.9 Å². The van der Waals surface area contributed by atoms with Gasteiger partial charge in [0.1, 0.15) is 0 Å². The van der Waals surface area contributed by atoms with E-state index < -0.39 is 15.6 Å². The van der Waals surface area contributed by atoms with Gasteiger partial charge >= 0.3 is 5.76 Å². The number of nitrogens with zero attached hydrogens (tertiary/aromatic N) is 3. The lowest BCUT2D eigenvalue weighted by Crippen LogP contribution is -2.08. The van der Waals surface area contributed by atoms with E-state index in [1.54, 1.807) is 73.8 Å². The average molecular weight is 461 g/mol. The second-order valence-corrected chi connectivity index (χ2v) is 9.79. The van der Waals surface area contributed by atoms with E-state index in [9.17, 15) is 13.2 Å². The second kappa shape index (κ2) is 7.86. The molecular formula is C24H19N3O5S. The zero-order valence-corrected chi connectivity index (χ0v) is 18.7. The average Bonchev–Trinajstić information content (AvgIpc) is 3.39. The number of fused-ring (bicyclic) bond motifs is 1. The molecule has 3 aromatic carbocycles. The maximum absolute atomic E-state index is 12.8. The van der Waals surface area contributed by atoms with Gasteiger partial charge in [-0.25, -0.2) is 13.2 Å². The first kappa shape index (κ1) is 20.9. The lowest BCUT2D eigenvalue weighted by Gasteiger charge is -2.06. The molecule has 0 N–H and O–H groups in total. The molecule has 33 heavy (non-hydrogen) atoms. The highest BCUT2D eigenvalue weighted by atomic mass is 32.2. The Morgan fingerprint density at radius 2 is 1.76 bits per heavy atom. The Morgan fingerprint density at radius 1 is 0.970 bits per heavy atom. The molecule has 0 aliphatic rings. The number of hydrogen-bond acceptors (Lipinski definition) is 7. The molecule has 0 fully saturated rings. The van der Waals surface area contributed by atoms with Crippen molar-refractivity contribution in [2.75, 3.05) is 0 Å². The summed E-state index contributed by atoms with van der Waals surface area (Å²) in [6.07, 6.45) is 0. The van der Waals surface area contributed by atoms with Crippen LogP contribution in [-0.4, -0.2) is 23.1 Å². The highest BCUT2D eigenvalue weighted by Crippen LogP contribution is 2.26. The van der Waals surface area contributed by atoms with Crippen molar-refractivity contribution in [2.45, 2.75) is 17.6 Å². The van der Waals surface area contributed by atoms with Gasteiger partial charge in [0.15, 0.2) is 15.4 Å². The van der Waals surface area contributed by atoms with Crippen molar-refractivity contribution in [3.63, 3.8) is 0 Å². The van der Waals surface area contributed by atoms with Crippen LogP contribution in [0.25, 0.3) is 33.9 Å². The molecule has 0 aliphatic carbocycles. The molecule has 2 heterocycles. The van der Waals surface area contributed by atoms with E-state index in [4.69, 9.17) is 8.94 Å². The molecular weight excluding hydrogens is 442 g/mol. The number of aryl methyl sites for hydroxylation is 2. The molecule has 0 aliphatic heterocycles. The van der Waals surface area contributed by atoms with Gasteiger partial charge in [0.05, 0.1) is 16.2 Å². The maximum atomic E-state index is 12.8. The molecule has 0 amide bonds. The molecule has 166 valence electrons. The summed E-state index contributed by atoms with van der Waals surface area (Å²) in [5.41, 5.74) is 3.93. The van der Waals surface area contributed by atoms with Crippen molar-refractivity contribution in [1.29, 1.82) is 0 Å². The van der Waals surface area contributed by atoms with E-state index in [-0.39, 0.29) is 16.5 Å². The Labute approximate surface area is 189 Å². The van der Waals surface area contributed by atoms with Gasteiger partial charge in [-0.2, -0.15) is 4.98 Å². The fourth-order valence-corrected chi connectivity index (χ4v) is 4.91. The minimum Gasteiger partial charge on any atom is -0.408 e. The monoisotopic (exact) mass is 461 g/mol. The van der Waals surface area contributed by atoms with Crippen LogP contribution in [0.1, 0.15) is 11.1 Å². The summed E-state index contributed by atoms with van der Waals surface area (Å²) < 4.78 is 37.7. The summed E-state index contributed by atoms with van der Waals surface area (Å²) in [7, 11) is -1.86. The third kappa shape index (κ3) is 3.98. The lowest BCUT2D eigenvalue weighted by molar-refractivity contribution is 0.432. The van der Waals surface area contributed by atoms with Crippen LogP contribution in [0, 0.1) is 6.92 Å². The van der Waals surface area contributed by atoms with Crippen LogP contribution in [0.15, 0.2) is 85.4 Å². The van der Waals surface area contributed by atoms with Gasteiger partial charge in [-0.15, -0.1) is 0 Å². The standard InChI is InChI=1S/C24H19N3O5S/c1-15-6-9-19(10-7-15)33(29,30)14-16-4-3-5-18(12-16)23-25-22(26-32-23)17-8-11-20-21(13-17)31-24(28)27(20)2/h3-13H,14H2,1-2H3. The van der Waals surface area contributed by atoms with Crippen LogP contribution in [0.3, 0.4) is 0 Å². The second-order valence-electron chi connectivity index (χ2n) is 7.81. The Balaban J connectivity index is 1.43. The number of sulfone groups is 1. The lowest BCUT2D eigenvalue weighted by atomic mass is 10.1. The minimum absolute atomic E-state index is 0.144. The Morgan fingerprint density at radius 3 is 2.55 bits per heavy atom. The molecule has 9 heteroatoms. The molecule has 5 aromatic rings. The molecule has 0 radical (unpaired) electrons. The van der Waals surface area contributed by atoms with Crippen molar-refractivity contribution in [2.24, 2.45) is 7.05 Å². The Kier molecular flexibility index (Phi) is 4.98. The quantitative estimate of drug-likeness (QED) is 0.387. The van der Waals surface area contributed by atoms with Gasteiger partial charge in [-0.05, 0) is 55.0 Å². The van der Waals surface area contributed by atoms with Gasteiger partial charge < -0.3 is 8.94 Å². The van der Waals surface area contributed by atoms with E-state index in [2.05, 4.69) is 10.1 Å². The minimum atomic E-state index is -3.49. The number of aromatic nitrogens is 3. The fraction of sp³-hybridized carbons (Fsp3) is 0.125. The molecule has 0 atom stereocenters. The summed E-state index contributed by atoms with van der Waals surface area (Å²) >= 11 is 0. The zero-order valence-electron chi connectivity index (χ0n) is 17.8. The fourth-order valence-electron chi connectivity index (χ4n) is 3.57.